The van der Waals surface area contributed by atoms with Crippen molar-refractivity contribution in [2.24, 2.45) is 0 Å². The molecule has 0 aromatic carbocycles. The molecule has 0 aliphatic rings. The average Bonchev–Trinajstić information content (AvgIpc) is 2.94. The lowest BCUT2D eigenvalue weighted by Crippen LogP contribution is -2.30. The zero-order chi connectivity index (χ0) is 13.7. The number of thiophene rings is 1. The third kappa shape index (κ3) is 3.28. The van der Waals surface area contributed by atoms with Gasteiger partial charge in [0, 0.05) is 19.2 Å². The molecule has 19 heavy (non-hydrogen) atoms. The zero-order valence-electron chi connectivity index (χ0n) is 11.0. The summed E-state index contributed by atoms with van der Waals surface area (Å²) in [6, 6.07) is 5.83. The molecule has 0 radical (unpaired) electrons. The summed E-state index contributed by atoms with van der Waals surface area (Å²) in [4.78, 5) is 13.3. The van der Waals surface area contributed by atoms with Gasteiger partial charge < -0.3 is 10.1 Å². The van der Waals surface area contributed by atoms with Crippen LogP contribution in [-0.4, -0.2) is 30.5 Å². The second-order valence-corrected chi connectivity index (χ2v) is 5.03. The maximum atomic E-state index is 12.2. The lowest BCUT2D eigenvalue weighted by molar-refractivity contribution is 0.182. The number of rotatable bonds is 6. The lowest BCUT2D eigenvalue weighted by atomic mass is 10.2. The van der Waals surface area contributed by atoms with Crippen molar-refractivity contribution < 1.29 is 4.74 Å². The van der Waals surface area contributed by atoms with E-state index in [0.29, 0.717) is 19.7 Å². The maximum absolute atomic E-state index is 12.2. The van der Waals surface area contributed by atoms with Crippen LogP contribution in [0.3, 0.4) is 0 Å². The van der Waals surface area contributed by atoms with E-state index in [0.717, 1.165) is 16.1 Å². The minimum atomic E-state index is -0.0632. The molecular formula is C13H17N3O2S. The van der Waals surface area contributed by atoms with Crippen LogP contribution in [0.1, 0.15) is 5.56 Å². The normalized spacial score (nSPS) is 10.8. The summed E-state index contributed by atoms with van der Waals surface area (Å²) in [6.45, 7) is 1.47. The molecule has 0 saturated carbocycles. The fourth-order valence-electron chi connectivity index (χ4n) is 1.79. The van der Waals surface area contributed by atoms with Crippen molar-refractivity contribution in [3.05, 3.63) is 39.5 Å². The number of nitrogens with one attached hydrogen (secondary N) is 1. The average molecular weight is 279 g/mol. The lowest BCUT2D eigenvalue weighted by Gasteiger charge is -2.09. The number of methoxy groups -OCH3 is 1. The Morgan fingerprint density at radius 3 is 3.00 bits per heavy atom. The van der Waals surface area contributed by atoms with E-state index in [1.807, 2.05) is 30.6 Å². The molecule has 2 heterocycles. The van der Waals surface area contributed by atoms with E-state index >= 15 is 0 Å². The number of aromatic nitrogens is 2. The molecule has 1 N–H and O–H groups in total. The molecule has 0 bridgehead atoms. The van der Waals surface area contributed by atoms with E-state index in [1.54, 1.807) is 18.4 Å². The zero-order valence-corrected chi connectivity index (χ0v) is 11.9. The molecule has 2 aromatic heterocycles. The van der Waals surface area contributed by atoms with Gasteiger partial charge in [-0.3, -0.25) is 4.79 Å². The highest BCUT2D eigenvalue weighted by atomic mass is 32.1. The van der Waals surface area contributed by atoms with Crippen LogP contribution >= 0.6 is 11.3 Å². The highest BCUT2D eigenvalue weighted by Gasteiger charge is 2.10. The number of ether oxygens (including phenoxy) is 1. The first kappa shape index (κ1) is 13.9. The molecule has 6 heteroatoms. The van der Waals surface area contributed by atoms with Crippen LogP contribution in [0.2, 0.25) is 0 Å². The number of nitrogens with zero attached hydrogens (tertiary/aromatic N) is 2. The standard InChI is InChI=1S/C13H17N3O2S/c1-14-9-10-8-11(12-4-3-7-19-12)15-16(13(10)17)5-6-18-2/h3-4,7-8,14H,5-6,9H2,1-2H3. The molecular weight excluding hydrogens is 262 g/mol. The minimum absolute atomic E-state index is 0.0632. The van der Waals surface area contributed by atoms with Crippen LogP contribution in [-0.2, 0) is 17.8 Å². The van der Waals surface area contributed by atoms with Gasteiger partial charge >= 0.3 is 0 Å². The monoisotopic (exact) mass is 279 g/mol. The van der Waals surface area contributed by atoms with Gasteiger partial charge in [-0.25, -0.2) is 4.68 Å². The fourth-order valence-corrected chi connectivity index (χ4v) is 2.47. The predicted molar refractivity (Wildman–Crippen MR) is 76.4 cm³/mol. The van der Waals surface area contributed by atoms with Crippen LogP contribution in [0.15, 0.2) is 28.4 Å². The van der Waals surface area contributed by atoms with Gasteiger partial charge in [0.1, 0.15) is 5.69 Å². The summed E-state index contributed by atoms with van der Waals surface area (Å²) in [5.41, 5.74) is 1.49. The summed E-state index contributed by atoms with van der Waals surface area (Å²) in [6.07, 6.45) is 0. The second-order valence-electron chi connectivity index (χ2n) is 4.08. The first-order valence-corrected chi connectivity index (χ1v) is 6.92. The molecule has 0 fully saturated rings. The van der Waals surface area contributed by atoms with E-state index in [4.69, 9.17) is 4.74 Å². The van der Waals surface area contributed by atoms with Crippen molar-refractivity contribution in [2.45, 2.75) is 13.1 Å². The Hall–Kier alpha value is -1.50. The van der Waals surface area contributed by atoms with E-state index in [1.165, 1.54) is 4.68 Å². The van der Waals surface area contributed by atoms with E-state index in [-0.39, 0.29) is 5.56 Å². The quantitative estimate of drug-likeness (QED) is 0.867. The van der Waals surface area contributed by atoms with Crippen molar-refractivity contribution in [3.8, 4) is 10.6 Å². The highest BCUT2D eigenvalue weighted by molar-refractivity contribution is 7.13. The van der Waals surface area contributed by atoms with E-state index < -0.39 is 0 Å². The minimum Gasteiger partial charge on any atom is -0.383 e. The van der Waals surface area contributed by atoms with Gasteiger partial charge in [-0.2, -0.15) is 5.10 Å². The molecule has 0 spiro atoms. The van der Waals surface area contributed by atoms with Crippen LogP contribution in [0, 0.1) is 0 Å². The van der Waals surface area contributed by atoms with E-state index in [2.05, 4.69) is 10.4 Å². The SMILES string of the molecule is CNCc1cc(-c2cccs2)nn(CCOC)c1=O. The van der Waals surface area contributed by atoms with Crippen LogP contribution in [0.25, 0.3) is 10.6 Å². The molecule has 102 valence electrons. The maximum Gasteiger partial charge on any atom is 0.271 e. The Morgan fingerprint density at radius 2 is 2.37 bits per heavy atom. The van der Waals surface area contributed by atoms with Crippen molar-refractivity contribution in [3.63, 3.8) is 0 Å². The highest BCUT2D eigenvalue weighted by Crippen LogP contribution is 2.22. The Morgan fingerprint density at radius 1 is 1.53 bits per heavy atom. The van der Waals surface area contributed by atoms with E-state index in [9.17, 15) is 4.79 Å². The van der Waals surface area contributed by atoms with Gasteiger partial charge in [0.25, 0.3) is 5.56 Å². The summed E-state index contributed by atoms with van der Waals surface area (Å²) in [5, 5.41) is 9.41. The van der Waals surface area contributed by atoms with Gasteiger partial charge in [0.15, 0.2) is 0 Å². The smallest absolute Gasteiger partial charge is 0.271 e. The predicted octanol–water partition coefficient (Wildman–Crippen LogP) is 1.34. The van der Waals surface area contributed by atoms with Crippen LogP contribution in [0.5, 0.6) is 0 Å². The number of hydrogen-bond acceptors (Lipinski definition) is 5. The fraction of sp³-hybridized carbons (Fsp3) is 0.385. The summed E-state index contributed by atoms with van der Waals surface area (Å²) >= 11 is 1.61. The third-order valence-electron chi connectivity index (χ3n) is 2.70. The largest absolute Gasteiger partial charge is 0.383 e. The molecule has 0 aliphatic heterocycles. The Balaban J connectivity index is 2.44. The van der Waals surface area contributed by atoms with Crippen LogP contribution in [0.4, 0.5) is 0 Å². The Labute approximate surface area is 115 Å². The molecule has 0 atom stereocenters. The summed E-state index contributed by atoms with van der Waals surface area (Å²) < 4.78 is 6.50. The van der Waals surface area contributed by atoms with Crippen molar-refractivity contribution >= 4 is 11.3 Å². The van der Waals surface area contributed by atoms with Crippen molar-refractivity contribution in [1.82, 2.24) is 15.1 Å². The molecule has 0 aliphatic carbocycles. The first-order valence-electron chi connectivity index (χ1n) is 6.04. The molecule has 0 amide bonds. The van der Waals surface area contributed by atoms with Gasteiger partial charge in [0.2, 0.25) is 0 Å². The summed E-state index contributed by atoms with van der Waals surface area (Å²) in [7, 11) is 3.44. The van der Waals surface area contributed by atoms with Gasteiger partial charge in [-0.15, -0.1) is 11.3 Å². The molecule has 5 nitrogen and oxygen atoms in total. The van der Waals surface area contributed by atoms with Gasteiger partial charge in [-0.1, -0.05) is 6.07 Å². The molecule has 2 rings (SSSR count). The first-order chi connectivity index (χ1) is 9.26. The van der Waals surface area contributed by atoms with Crippen LogP contribution < -0.4 is 10.9 Å². The molecule has 0 unspecified atom stereocenters. The topological polar surface area (TPSA) is 56.1 Å². The van der Waals surface area contributed by atoms with Crippen molar-refractivity contribution in [1.29, 1.82) is 0 Å². The Bertz CT molecular complexity index is 578. The molecule has 0 saturated heterocycles. The number of hydrogen-bond donors (Lipinski definition) is 1. The van der Waals surface area contributed by atoms with Crippen molar-refractivity contribution in [2.75, 3.05) is 20.8 Å². The van der Waals surface area contributed by atoms with Gasteiger partial charge in [0.05, 0.1) is 18.0 Å². The third-order valence-corrected chi connectivity index (χ3v) is 3.59. The second kappa shape index (κ2) is 6.60. The molecule has 2 aromatic rings. The summed E-state index contributed by atoms with van der Waals surface area (Å²) in [5.74, 6) is 0. The Kier molecular flexibility index (Phi) is 4.84. The van der Waals surface area contributed by atoms with Gasteiger partial charge in [-0.05, 0) is 24.6 Å².